The number of likely N-dealkylation sites (tertiary alicyclic amines) is 1. The van der Waals surface area contributed by atoms with Crippen LogP contribution in [0.3, 0.4) is 0 Å². The van der Waals surface area contributed by atoms with Crippen molar-refractivity contribution in [1.82, 2.24) is 14.7 Å². The molecule has 1 aromatic carbocycles. The summed E-state index contributed by atoms with van der Waals surface area (Å²) in [6.07, 6.45) is 5.20. The second-order valence-electron chi connectivity index (χ2n) is 5.70. The van der Waals surface area contributed by atoms with E-state index in [1.165, 1.54) is 29.7 Å². The summed E-state index contributed by atoms with van der Waals surface area (Å²) in [6, 6.07) is 5.75. The van der Waals surface area contributed by atoms with Gasteiger partial charge in [0.2, 0.25) is 0 Å². The number of aromatic nitrogens is 2. The highest BCUT2D eigenvalue weighted by atomic mass is 35.5. The molecule has 3 rings (SSSR count). The molecule has 1 unspecified atom stereocenters. The fourth-order valence-corrected chi connectivity index (χ4v) is 2.99. The summed E-state index contributed by atoms with van der Waals surface area (Å²) >= 11 is 0. The summed E-state index contributed by atoms with van der Waals surface area (Å²) in [5, 5.41) is 4.41. The molecule has 0 radical (unpaired) electrons. The van der Waals surface area contributed by atoms with E-state index in [2.05, 4.69) is 10.00 Å². The average molecular weight is 343 g/mol. The van der Waals surface area contributed by atoms with Gasteiger partial charge in [-0.15, -0.1) is 12.4 Å². The van der Waals surface area contributed by atoms with Crippen molar-refractivity contribution in [3.8, 4) is 5.69 Å². The van der Waals surface area contributed by atoms with Crippen LogP contribution in [-0.4, -0.2) is 33.8 Å². The maximum absolute atomic E-state index is 13.8. The number of hydrogen-bond donors (Lipinski definition) is 1. The van der Waals surface area contributed by atoms with E-state index in [0.29, 0.717) is 19.1 Å². The highest BCUT2D eigenvalue weighted by Gasteiger charge is 2.21. The first kappa shape index (κ1) is 17.8. The van der Waals surface area contributed by atoms with E-state index in [9.17, 15) is 8.78 Å². The van der Waals surface area contributed by atoms with Gasteiger partial charge in [-0.25, -0.2) is 13.5 Å². The molecule has 0 saturated carbocycles. The minimum absolute atomic E-state index is 0. The Kier molecular flexibility index (Phi) is 6.10. The quantitative estimate of drug-likeness (QED) is 0.929. The lowest BCUT2D eigenvalue weighted by atomic mass is 10.0. The molecule has 1 aliphatic rings. The minimum atomic E-state index is -0.618. The lowest BCUT2D eigenvalue weighted by molar-refractivity contribution is 0.143. The Morgan fingerprint density at radius 2 is 2.04 bits per heavy atom. The molecule has 4 nitrogen and oxygen atoms in total. The van der Waals surface area contributed by atoms with Crippen LogP contribution in [0.5, 0.6) is 0 Å². The minimum Gasteiger partial charge on any atom is -0.329 e. The summed E-state index contributed by atoms with van der Waals surface area (Å²) in [4.78, 5) is 2.33. The molecule has 126 valence electrons. The molecule has 0 spiro atoms. The maximum Gasteiger partial charge on any atom is 0.151 e. The van der Waals surface area contributed by atoms with Crippen LogP contribution in [0, 0.1) is 11.6 Å². The largest absolute Gasteiger partial charge is 0.329 e. The highest BCUT2D eigenvalue weighted by molar-refractivity contribution is 5.85. The Labute approximate surface area is 140 Å². The second kappa shape index (κ2) is 7.86. The first-order valence-electron chi connectivity index (χ1n) is 7.61. The highest BCUT2D eigenvalue weighted by Crippen LogP contribution is 2.19. The maximum atomic E-state index is 13.8. The molecular weight excluding hydrogens is 322 g/mol. The molecule has 1 saturated heterocycles. The molecule has 2 aromatic rings. The van der Waals surface area contributed by atoms with Gasteiger partial charge in [0.25, 0.3) is 0 Å². The molecule has 0 bridgehead atoms. The van der Waals surface area contributed by atoms with Gasteiger partial charge in [0.1, 0.15) is 11.5 Å². The Morgan fingerprint density at radius 1 is 1.22 bits per heavy atom. The van der Waals surface area contributed by atoms with Crippen molar-refractivity contribution in [3.63, 3.8) is 0 Å². The van der Waals surface area contributed by atoms with E-state index < -0.39 is 11.6 Å². The van der Waals surface area contributed by atoms with Crippen molar-refractivity contribution in [2.24, 2.45) is 5.73 Å². The number of benzene rings is 1. The third-order valence-electron chi connectivity index (χ3n) is 4.19. The first-order chi connectivity index (χ1) is 10.7. The number of nitrogens with two attached hydrogens (primary N) is 1. The van der Waals surface area contributed by atoms with Crippen molar-refractivity contribution in [1.29, 1.82) is 0 Å². The van der Waals surface area contributed by atoms with Crippen molar-refractivity contribution in [2.75, 3.05) is 13.1 Å². The third-order valence-corrected chi connectivity index (χ3v) is 4.19. The zero-order chi connectivity index (χ0) is 15.5. The zero-order valence-corrected chi connectivity index (χ0v) is 13.6. The topological polar surface area (TPSA) is 47.1 Å². The molecule has 0 amide bonds. The van der Waals surface area contributed by atoms with Gasteiger partial charge < -0.3 is 5.73 Å². The van der Waals surface area contributed by atoms with Crippen molar-refractivity contribution in [3.05, 3.63) is 47.8 Å². The second-order valence-corrected chi connectivity index (χ2v) is 5.70. The smallest absolute Gasteiger partial charge is 0.151 e. The lowest BCUT2D eigenvalue weighted by Crippen LogP contribution is -2.43. The van der Waals surface area contributed by atoms with Crippen LogP contribution in [0.2, 0.25) is 0 Å². The molecule has 1 atom stereocenters. The van der Waals surface area contributed by atoms with Gasteiger partial charge in [0, 0.05) is 31.4 Å². The normalized spacial score (nSPS) is 18.7. The summed E-state index contributed by atoms with van der Waals surface area (Å²) in [5.41, 5.74) is 6.94. The first-order valence-corrected chi connectivity index (χ1v) is 7.61. The molecule has 1 fully saturated rings. The van der Waals surface area contributed by atoms with E-state index in [4.69, 9.17) is 5.73 Å². The molecular formula is C16H21ClF2N4. The number of nitrogens with zero attached hydrogens (tertiary/aromatic N) is 3. The standard InChI is InChI=1S/C16H20F2N4.ClH/c17-12-4-5-16(15(18)9-12)22-8-6-13(20-22)11-21-7-2-1-3-14(21)10-19;/h4-6,8-9,14H,1-3,7,10-11,19H2;1H. The molecule has 0 aliphatic carbocycles. The predicted molar refractivity (Wildman–Crippen MR) is 87.8 cm³/mol. The Balaban J connectivity index is 0.00000192. The van der Waals surface area contributed by atoms with Crippen LogP contribution in [0.4, 0.5) is 8.78 Å². The SMILES string of the molecule is Cl.NCC1CCCCN1Cc1ccn(-c2ccc(F)cc2F)n1. The van der Waals surface area contributed by atoms with E-state index in [-0.39, 0.29) is 18.1 Å². The Hall–Kier alpha value is -1.50. The van der Waals surface area contributed by atoms with Crippen molar-refractivity contribution < 1.29 is 8.78 Å². The van der Waals surface area contributed by atoms with Gasteiger partial charge in [-0.2, -0.15) is 5.10 Å². The third kappa shape index (κ3) is 4.07. The monoisotopic (exact) mass is 342 g/mol. The molecule has 1 aliphatic heterocycles. The fraction of sp³-hybridized carbons (Fsp3) is 0.438. The summed E-state index contributed by atoms with van der Waals surface area (Å²) in [7, 11) is 0. The van der Waals surface area contributed by atoms with Crippen LogP contribution in [0.1, 0.15) is 25.0 Å². The molecule has 1 aromatic heterocycles. The predicted octanol–water partition coefficient (Wildman–Crippen LogP) is 2.89. The zero-order valence-electron chi connectivity index (χ0n) is 12.8. The van der Waals surface area contributed by atoms with Crippen LogP contribution >= 0.6 is 12.4 Å². The molecule has 2 heterocycles. The number of halogens is 3. The van der Waals surface area contributed by atoms with Crippen LogP contribution in [0.25, 0.3) is 5.69 Å². The summed E-state index contributed by atoms with van der Waals surface area (Å²) in [6.45, 7) is 2.37. The van der Waals surface area contributed by atoms with Crippen LogP contribution in [-0.2, 0) is 6.54 Å². The molecule has 23 heavy (non-hydrogen) atoms. The van der Waals surface area contributed by atoms with Gasteiger partial charge in [-0.05, 0) is 37.6 Å². The van der Waals surface area contributed by atoms with E-state index >= 15 is 0 Å². The Bertz CT molecular complexity index is 647. The van der Waals surface area contributed by atoms with E-state index in [1.807, 2.05) is 6.07 Å². The van der Waals surface area contributed by atoms with Gasteiger partial charge in [-0.1, -0.05) is 6.42 Å². The van der Waals surface area contributed by atoms with Gasteiger partial charge in [-0.3, -0.25) is 4.90 Å². The van der Waals surface area contributed by atoms with Crippen LogP contribution < -0.4 is 5.73 Å². The van der Waals surface area contributed by atoms with Crippen LogP contribution in [0.15, 0.2) is 30.5 Å². The van der Waals surface area contributed by atoms with Gasteiger partial charge in [0.15, 0.2) is 5.82 Å². The number of piperidine rings is 1. The fourth-order valence-electron chi connectivity index (χ4n) is 2.99. The lowest BCUT2D eigenvalue weighted by Gasteiger charge is -2.34. The summed E-state index contributed by atoms with van der Waals surface area (Å²) in [5.74, 6) is -1.21. The molecule has 2 N–H and O–H groups in total. The molecule has 7 heteroatoms. The Morgan fingerprint density at radius 3 is 2.78 bits per heavy atom. The average Bonchev–Trinajstić information content (AvgIpc) is 2.96. The van der Waals surface area contributed by atoms with Gasteiger partial charge >= 0.3 is 0 Å². The van der Waals surface area contributed by atoms with Gasteiger partial charge in [0.05, 0.1) is 5.69 Å². The summed E-state index contributed by atoms with van der Waals surface area (Å²) < 4.78 is 28.2. The van der Waals surface area contributed by atoms with E-state index in [1.54, 1.807) is 6.20 Å². The number of rotatable bonds is 4. The van der Waals surface area contributed by atoms with Crippen molar-refractivity contribution >= 4 is 12.4 Å². The van der Waals surface area contributed by atoms with E-state index in [0.717, 1.165) is 24.7 Å². The number of hydrogen-bond acceptors (Lipinski definition) is 3. The van der Waals surface area contributed by atoms with Crippen molar-refractivity contribution in [2.45, 2.75) is 31.8 Å².